The number of aromatic amines is 1. The Kier molecular flexibility index (Phi) is 4.11. The molecule has 7 heteroatoms. The lowest BCUT2D eigenvalue weighted by Crippen LogP contribution is -1.97. The summed E-state index contributed by atoms with van der Waals surface area (Å²) in [6.07, 6.45) is -1.21. The minimum absolute atomic E-state index is 0.0651. The Morgan fingerprint density at radius 2 is 2.05 bits per heavy atom. The molecule has 21 heavy (non-hydrogen) atoms. The van der Waals surface area contributed by atoms with Crippen LogP contribution in [0.4, 0.5) is 4.39 Å². The summed E-state index contributed by atoms with van der Waals surface area (Å²) in [5.74, 6) is -0.408. The summed E-state index contributed by atoms with van der Waals surface area (Å²) in [5, 5.41) is 15.3. The maximum atomic E-state index is 13.6. The number of aromatic nitrogens is 2. The van der Waals surface area contributed by atoms with E-state index in [-0.39, 0.29) is 5.69 Å². The number of halogens is 1. The normalized spacial score (nSPS) is 12.0. The number of alkyl halides is 1. The van der Waals surface area contributed by atoms with Crippen molar-refractivity contribution in [2.45, 2.75) is 13.1 Å². The Morgan fingerprint density at radius 1 is 1.33 bits per heavy atom. The van der Waals surface area contributed by atoms with Gasteiger partial charge in [0.1, 0.15) is 11.9 Å². The van der Waals surface area contributed by atoms with Gasteiger partial charge in [-0.05, 0) is 30.7 Å². The second kappa shape index (κ2) is 5.82. The van der Waals surface area contributed by atoms with Gasteiger partial charge in [-0.2, -0.15) is 5.10 Å². The molecule has 112 valence electrons. The molecule has 1 aromatic heterocycles. The van der Waals surface area contributed by atoms with Gasteiger partial charge in [-0.15, -0.1) is 0 Å². The van der Waals surface area contributed by atoms with Crippen LogP contribution in [0.15, 0.2) is 18.2 Å². The van der Waals surface area contributed by atoms with Crippen molar-refractivity contribution in [3.8, 4) is 22.8 Å². The average Bonchev–Trinajstić information content (AvgIpc) is 2.95. The van der Waals surface area contributed by atoms with E-state index in [0.717, 1.165) is 0 Å². The van der Waals surface area contributed by atoms with E-state index in [1.54, 1.807) is 6.07 Å². The van der Waals surface area contributed by atoms with E-state index >= 15 is 0 Å². The van der Waals surface area contributed by atoms with Crippen molar-refractivity contribution >= 4 is 5.97 Å². The van der Waals surface area contributed by atoms with Crippen LogP contribution in [0.25, 0.3) is 11.3 Å². The van der Waals surface area contributed by atoms with Crippen LogP contribution < -0.4 is 9.47 Å². The van der Waals surface area contributed by atoms with Gasteiger partial charge in [0.2, 0.25) is 0 Å². The number of aromatic carboxylic acids is 1. The number of carboxylic acid groups (broad SMARTS) is 1. The molecule has 0 aliphatic rings. The van der Waals surface area contributed by atoms with E-state index < -0.39 is 12.1 Å². The number of hydrogen-bond donors (Lipinski definition) is 2. The number of methoxy groups -OCH3 is 2. The Labute approximate surface area is 120 Å². The number of carboxylic acids is 1. The molecule has 2 aromatic rings. The number of ether oxygens (including phenoxy) is 2. The molecule has 1 atom stereocenters. The van der Waals surface area contributed by atoms with Crippen LogP contribution in [-0.4, -0.2) is 35.5 Å². The van der Waals surface area contributed by atoms with Gasteiger partial charge in [-0.1, -0.05) is 0 Å². The van der Waals surface area contributed by atoms with Crippen LogP contribution in [0, 0.1) is 0 Å². The van der Waals surface area contributed by atoms with Crippen molar-refractivity contribution in [1.29, 1.82) is 0 Å². The molecule has 1 heterocycles. The first kappa shape index (κ1) is 14.8. The van der Waals surface area contributed by atoms with E-state index in [0.29, 0.717) is 28.3 Å². The quantitative estimate of drug-likeness (QED) is 0.885. The van der Waals surface area contributed by atoms with E-state index in [1.165, 1.54) is 33.3 Å². The summed E-state index contributed by atoms with van der Waals surface area (Å²) in [7, 11) is 2.90. The number of H-pyrrole nitrogens is 1. The van der Waals surface area contributed by atoms with Crippen LogP contribution in [-0.2, 0) is 0 Å². The van der Waals surface area contributed by atoms with Crippen LogP contribution in [0.1, 0.15) is 29.1 Å². The number of rotatable bonds is 5. The molecule has 0 radical (unpaired) electrons. The molecule has 0 amide bonds. The summed E-state index contributed by atoms with van der Waals surface area (Å²) in [5.41, 5.74) is 1.12. The summed E-state index contributed by atoms with van der Waals surface area (Å²) in [6, 6.07) is 4.46. The molecule has 0 aliphatic carbocycles. The number of nitrogens with one attached hydrogen (secondary N) is 1. The van der Waals surface area contributed by atoms with Crippen LogP contribution in [0.5, 0.6) is 11.5 Å². The van der Waals surface area contributed by atoms with Crippen LogP contribution in [0.3, 0.4) is 0 Å². The van der Waals surface area contributed by atoms with Gasteiger partial charge in [0.05, 0.1) is 19.9 Å². The van der Waals surface area contributed by atoms with Gasteiger partial charge in [-0.25, -0.2) is 9.18 Å². The first-order chi connectivity index (χ1) is 9.97. The fourth-order valence-corrected chi connectivity index (χ4v) is 1.97. The lowest BCUT2D eigenvalue weighted by atomic mass is 10.0. The Hall–Kier alpha value is -2.57. The fourth-order valence-electron chi connectivity index (χ4n) is 1.97. The maximum absolute atomic E-state index is 13.6. The predicted molar refractivity (Wildman–Crippen MR) is 73.6 cm³/mol. The highest BCUT2D eigenvalue weighted by molar-refractivity contribution is 5.87. The number of hydrogen-bond acceptors (Lipinski definition) is 4. The average molecular weight is 294 g/mol. The Balaban J connectivity index is 2.63. The third-order valence-corrected chi connectivity index (χ3v) is 3.04. The van der Waals surface area contributed by atoms with Gasteiger partial charge >= 0.3 is 5.97 Å². The van der Waals surface area contributed by atoms with E-state index in [1.807, 2.05) is 0 Å². The van der Waals surface area contributed by atoms with Crippen molar-refractivity contribution in [3.63, 3.8) is 0 Å². The van der Waals surface area contributed by atoms with Crippen molar-refractivity contribution in [1.82, 2.24) is 10.2 Å². The maximum Gasteiger partial charge on any atom is 0.353 e. The van der Waals surface area contributed by atoms with Crippen molar-refractivity contribution < 1.29 is 23.8 Å². The fraction of sp³-hybridized carbons (Fsp3) is 0.286. The summed E-state index contributed by atoms with van der Waals surface area (Å²) < 4.78 is 24.1. The second-order valence-corrected chi connectivity index (χ2v) is 4.39. The van der Waals surface area contributed by atoms with Crippen LogP contribution >= 0.6 is 0 Å². The SMILES string of the molecule is COc1cc(C(C)F)cc(-c2cc(C(=O)O)[nH]n2)c1OC. The standard InChI is InChI=1S/C14H15FN2O4/c1-7(15)8-4-9(13(21-3)12(5-8)20-2)10-6-11(14(18)19)17-16-10/h4-7H,1-3H3,(H,16,17)(H,18,19). The third-order valence-electron chi connectivity index (χ3n) is 3.04. The molecular formula is C14H15FN2O4. The molecule has 1 unspecified atom stereocenters. The molecule has 0 spiro atoms. The molecule has 0 saturated heterocycles. The van der Waals surface area contributed by atoms with Gasteiger partial charge < -0.3 is 14.6 Å². The van der Waals surface area contributed by atoms with Crippen molar-refractivity contribution in [2.24, 2.45) is 0 Å². The van der Waals surface area contributed by atoms with Crippen LogP contribution in [0.2, 0.25) is 0 Å². The first-order valence-corrected chi connectivity index (χ1v) is 6.17. The molecule has 2 rings (SSSR count). The molecule has 2 N–H and O–H groups in total. The smallest absolute Gasteiger partial charge is 0.353 e. The number of benzene rings is 1. The molecule has 0 aliphatic heterocycles. The predicted octanol–water partition coefficient (Wildman–Crippen LogP) is 2.82. The van der Waals surface area contributed by atoms with Gasteiger partial charge in [-0.3, -0.25) is 5.10 Å². The zero-order chi connectivity index (χ0) is 15.6. The lowest BCUT2D eigenvalue weighted by Gasteiger charge is -2.14. The summed E-state index contributed by atoms with van der Waals surface area (Å²) >= 11 is 0. The third kappa shape index (κ3) is 2.81. The highest BCUT2D eigenvalue weighted by Gasteiger charge is 2.19. The van der Waals surface area contributed by atoms with Gasteiger partial charge in [0.25, 0.3) is 0 Å². The molecule has 1 aromatic carbocycles. The van der Waals surface area contributed by atoms with E-state index in [2.05, 4.69) is 10.2 Å². The van der Waals surface area contributed by atoms with E-state index in [9.17, 15) is 9.18 Å². The highest BCUT2D eigenvalue weighted by atomic mass is 19.1. The zero-order valence-corrected chi connectivity index (χ0v) is 11.8. The minimum atomic E-state index is -1.21. The Bertz CT molecular complexity index is 667. The second-order valence-electron chi connectivity index (χ2n) is 4.39. The van der Waals surface area contributed by atoms with Crippen molar-refractivity contribution in [2.75, 3.05) is 14.2 Å². The zero-order valence-electron chi connectivity index (χ0n) is 11.8. The highest BCUT2D eigenvalue weighted by Crippen LogP contribution is 2.40. The van der Waals surface area contributed by atoms with Gasteiger partial charge in [0.15, 0.2) is 11.5 Å². The Morgan fingerprint density at radius 3 is 2.52 bits per heavy atom. The first-order valence-electron chi connectivity index (χ1n) is 6.17. The lowest BCUT2D eigenvalue weighted by molar-refractivity contribution is 0.0690. The molecule has 0 fully saturated rings. The monoisotopic (exact) mass is 294 g/mol. The van der Waals surface area contributed by atoms with Crippen molar-refractivity contribution in [3.05, 3.63) is 29.5 Å². The molecular weight excluding hydrogens is 279 g/mol. The summed E-state index contributed by atoms with van der Waals surface area (Å²) in [4.78, 5) is 10.9. The molecule has 0 saturated carbocycles. The largest absolute Gasteiger partial charge is 0.493 e. The number of nitrogens with zero attached hydrogens (tertiary/aromatic N) is 1. The molecule has 0 bridgehead atoms. The minimum Gasteiger partial charge on any atom is -0.493 e. The topological polar surface area (TPSA) is 84.4 Å². The van der Waals surface area contributed by atoms with E-state index in [4.69, 9.17) is 14.6 Å². The number of carbonyl (C=O) groups is 1. The summed E-state index contributed by atoms with van der Waals surface area (Å²) in [6.45, 7) is 1.40. The molecule has 6 nitrogen and oxygen atoms in total. The van der Waals surface area contributed by atoms with Gasteiger partial charge in [0, 0.05) is 5.56 Å².